The molecular weight excluding hydrogens is 310 g/mol. The lowest BCUT2D eigenvalue weighted by molar-refractivity contribution is -0.143. The number of ether oxygens (including phenoxy) is 5. The summed E-state index contributed by atoms with van der Waals surface area (Å²) in [5.74, 6) is -1.50. The van der Waals surface area contributed by atoms with Gasteiger partial charge in [-0.25, -0.2) is 4.79 Å². The molecule has 0 rings (SSSR count). The van der Waals surface area contributed by atoms with Crippen molar-refractivity contribution in [1.82, 2.24) is 5.32 Å². The van der Waals surface area contributed by atoms with Gasteiger partial charge in [0.05, 0.1) is 45.9 Å². The first-order valence-corrected chi connectivity index (χ1v) is 7.18. The lowest BCUT2D eigenvalue weighted by Gasteiger charge is -2.08. The van der Waals surface area contributed by atoms with Crippen LogP contribution in [0.5, 0.6) is 0 Å². The second kappa shape index (κ2) is 16.7. The van der Waals surface area contributed by atoms with E-state index in [0.29, 0.717) is 52.8 Å². The minimum atomic E-state index is -1.11. The molecule has 0 aliphatic heterocycles. The van der Waals surface area contributed by atoms with Crippen LogP contribution in [-0.2, 0) is 33.3 Å². The standard InChI is InChI=1S/C14H25NO8/c1-2-19-5-6-21-9-10-22-8-7-20-4-3-15-13(16)11-23-12-14(17)18/h2H,1,3-12H2,(H,15,16)(H,17,18). The average molecular weight is 335 g/mol. The fraction of sp³-hybridized carbons (Fsp3) is 0.714. The van der Waals surface area contributed by atoms with Gasteiger partial charge in [-0.15, -0.1) is 0 Å². The summed E-state index contributed by atoms with van der Waals surface area (Å²) in [5, 5.41) is 10.9. The Hall–Kier alpha value is -1.68. The van der Waals surface area contributed by atoms with Gasteiger partial charge in [0.15, 0.2) is 0 Å². The molecule has 0 fully saturated rings. The van der Waals surface area contributed by atoms with Crippen molar-refractivity contribution >= 4 is 11.9 Å². The van der Waals surface area contributed by atoms with E-state index in [-0.39, 0.29) is 12.5 Å². The van der Waals surface area contributed by atoms with Crippen LogP contribution in [0.15, 0.2) is 12.8 Å². The minimum Gasteiger partial charge on any atom is -0.499 e. The van der Waals surface area contributed by atoms with Gasteiger partial charge in [-0.3, -0.25) is 4.79 Å². The summed E-state index contributed by atoms with van der Waals surface area (Å²) in [6.45, 7) is 6.04. The van der Waals surface area contributed by atoms with Crippen LogP contribution in [0.4, 0.5) is 0 Å². The summed E-state index contributed by atoms with van der Waals surface area (Å²) >= 11 is 0. The maximum atomic E-state index is 11.2. The van der Waals surface area contributed by atoms with Crippen LogP contribution < -0.4 is 5.32 Å². The van der Waals surface area contributed by atoms with Crippen molar-refractivity contribution in [3.05, 3.63) is 12.8 Å². The molecule has 0 aliphatic rings. The Morgan fingerprint density at radius 1 is 0.870 bits per heavy atom. The third-order valence-electron chi connectivity index (χ3n) is 2.23. The van der Waals surface area contributed by atoms with Gasteiger partial charge in [-0.05, 0) is 0 Å². The molecule has 9 heteroatoms. The molecule has 1 amide bonds. The van der Waals surface area contributed by atoms with Gasteiger partial charge in [-0.2, -0.15) is 0 Å². The summed E-state index contributed by atoms with van der Waals surface area (Å²) in [7, 11) is 0. The van der Waals surface area contributed by atoms with Crippen molar-refractivity contribution < 1.29 is 38.4 Å². The molecule has 2 N–H and O–H groups in total. The lowest BCUT2D eigenvalue weighted by atomic mass is 10.6. The van der Waals surface area contributed by atoms with Gasteiger partial charge >= 0.3 is 5.97 Å². The number of amides is 1. The molecule has 0 atom stereocenters. The van der Waals surface area contributed by atoms with Crippen molar-refractivity contribution in [2.75, 3.05) is 66.0 Å². The van der Waals surface area contributed by atoms with Crippen LogP contribution >= 0.6 is 0 Å². The van der Waals surface area contributed by atoms with Gasteiger partial charge in [0, 0.05) is 6.54 Å². The molecule has 0 spiro atoms. The molecule has 0 aromatic rings. The molecule has 0 aromatic carbocycles. The highest BCUT2D eigenvalue weighted by molar-refractivity contribution is 5.77. The van der Waals surface area contributed by atoms with Gasteiger partial charge in [0.1, 0.15) is 19.8 Å². The number of hydrogen-bond acceptors (Lipinski definition) is 7. The Labute approximate surface area is 135 Å². The first-order valence-electron chi connectivity index (χ1n) is 7.18. The molecule has 0 saturated carbocycles. The number of hydrogen-bond donors (Lipinski definition) is 2. The first-order chi connectivity index (χ1) is 11.2. The normalized spacial score (nSPS) is 10.3. The number of aliphatic carboxylic acids is 1. The second-order valence-corrected chi connectivity index (χ2v) is 4.11. The third-order valence-corrected chi connectivity index (χ3v) is 2.23. The summed E-state index contributed by atoms with van der Waals surface area (Å²) in [6, 6.07) is 0. The number of carbonyl (C=O) groups is 2. The summed E-state index contributed by atoms with van der Waals surface area (Å²) in [4.78, 5) is 21.3. The fourth-order valence-corrected chi connectivity index (χ4v) is 1.28. The van der Waals surface area contributed by atoms with Gasteiger partial charge < -0.3 is 34.1 Å². The quantitative estimate of drug-likeness (QED) is 0.268. The summed E-state index contributed by atoms with van der Waals surface area (Å²) < 4.78 is 25.2. The average Bonchev–Trinajstić information content (AvgIpc) is 2.51. The van der Waals surface area contributed by atoms with Crippen LogP contribution in [0.2, 0.25) is 0 Å². The van der Waals surface area contributed by atoms with E-state index in [0.717, 1.165) is 0 Å². The van der Waals surface area contributed by atoms with Crippen LogP contribution in [-0.4, -0.2) is 83.0 Å². The Bertz CT molecular complexity index is 324. The fourth-order valence-electron chi connectivity index (χ4n) is 1.28. The Morgan fingerprint density at radius 3 is 2.00 bits per heavy atom. The molecule has 23 heavy (non-hydrogen) atoms. The number of rotatable bonds is 17. The Morgan fingerprint density at radius 2 is 1.43 bits per heavy atom. The minimum absolute atomic E-state index is 0.284. The number of carboxylic acids is 1. The van der Waals surface area contributed by atoms with Crippen LogP contribution in [0.1, 0.15) is 0 Å². The predicted octanol–water partition coefficient (Wildman–Crippen LogP) is -0.586. The van der Waals surface area contributed by atoms with E-state index in [1.165, 1.54) is 6.26 Å². The maximum Gasteiger partial charge on any atom is 0.329 e. The molecule has 0 saturated heterocycles. The van der Waals surface area contributed by atoms with Crippen molar-refractivity contribution in [2.24, 2.45) is 0 Å². The Balaban J connectivity index is 3.14. The van der Waals surface area contributed by atoms with E-state index in [1.54, 1.807) is 0 Å². The smallest absolute Gasteiger partial charge is 0.329 e. The highest BCUT2D eigenvalue weighted by Gasteiger charge is 2.02. The topological polar surface area (TPSA) is 113 Å². The van der Waals surface area contributed by atoms with E-state index in [4.69, 9.17) is 24.1 Å². The predicted molar refractivity (Wildman–Crippen MR) is 80.1 cm³/mol. The first kappa shape index (κ1) is 21.3. The van der Waals surface area contributed by atoms with Crippen molar-refractivity contribution in [3.63, 3.8) is 0 Å². The zero-order chi connectivity index (χ0) is 17.2. The second-order valence-electron chi connectivity index (χ2n) is 4.11. The highest BCUT2D eigenvalue weighted by atomic mass is 16.6. The Kier molecular flexibility index (Phi) is 15.5. The molecule has 0 aliphatic carbocycles. The molecule has 9 nitrogen and oxygen atoms in total. The van der Waals surface area contributed by atoms with Crippen LogP contribution in [0, 0.1) is 0 Å². The molecule has 0 bridgehead atoms. The van der Waals surface area contributed by atoms with E-state index in [1.807, 2.05) is 0 Å². The van der Waals surface area contributed by atoms with E-state index in [9.17, 15) is 9.59 Å². The van der Waals surface area contributed by atoms with Gasteiger partial charge in [0.25, 0.3) is 0 Å². The van der Waals surface area contributed by atoms with E-state index in [2.05, 4.69) is 16.6 Å². The third kappa shape index (κ3) is 18.3. The zero-order valence-electron chi connectivity index (χ0n) is 13.2. The van der Waals surface area contributed by atoms with E-state index >= 15 is 0 Å². The van der Waals surface area contributed by atoms with Crippen LogP contribution in [0.25, 0.3) is 0 Å². The van der Waals surface area contributed by atoms with E-state index < -0.39 is 12.6 Å². The molecule has 0 radical (unpaired) electrons. The molecular formula is C14H25NO8. The van der Waals surface area contributed by atoms with Crippen molar-refractivity contribution in [1.29, 1.82) is 0 Å². The number of carboxylic acid groups (broad SMARTS) is 1. The lowest BCUT2D eigenvalue weighted by Crippen LogP contribution is -2.31. The van der Waals surface area contributed by atoms with Crippen molar-refractivity contribution in [2.45, 2.75) is 0 Å². The van der Waals surface area contributed by atoms with Crippen LogP contribution in [0.3, 0.4) is 0 Å². The largest absolute Gasteiger partial charge is 0.499 e. The highest BCUT2D eigenvalue weighted by Crippen LogP contribution is 1.83. The monoisotopic (exact) mass is 335 g/mol. The number of nitrogens with one attached hydrogen (secondary N) is 1. The summed E-state index contributed by atoms with van der Waals surface area (Å²) in [5.41, 5.74) is 0. The van der Waals surface area contributed by atoms with Gasteiger partial charge in [0.2, 0.25) is 5.91 Å². The number of carbonyl (C=O) groups excluding carboxylic acids is 1. The molecule has 134 valence electrons. The summed E-state index contributed by atoms with van der Waals surface area (Å²) in [6.07, 6.45) is 1.36. The zero-order valence-corrected chi connectivity index (χ0v) is 13.2. The molecule has 0 heterocycles. The SMILES string of the molecule is C=COCCOCCOCCOCCNC(=O)COCC(=O)O. The van der Waals surface area contributed by atoms with Gasteiger partial charge in [-0.1, -0.05) is 6.58 Å². The maximum absolute atomic E-state index is 11.2. The molecule has 0 unspecified atom stereocenters. The molecule has 0 aromatic heterocycles. The van der Waals surface area contributed by atoms with Crippen molar-refractivity contribution in [3.8, 4) is 0 Å².